The maximum absolute atomic E-state index is 14.1. The van der Waals surface area contributed by atoms with E-state index in [9.17, 15) is 18.8 Å². The van der Waals surface area contributed by atoms with Crippen molar-refractivity contribution in [2.45, 2.75) is 47.5 Å². The zero-order chi connectivity index (χ0) is 28.7. The van der Waals surface area contributed by atoms with E-state index in [0.717, 1.165) is 11.3 Å². The molecular weight excluding hydrogens is 499 g/mol. The molecule has 0 atom stereocenters. The SMILES string of the molecule is CCCc1c(C(N)=O)nn(-c2ccc(OCC)c(F)c2)c1C(C)=O.Cc1ccc(-n2cccc(C)c2=O)cc1. The highest BCUT2D eigenvalue weighted by molar-refractivity contribution is 6.00. The van der Waals surface area contributed by atoms with Crippen molar-refractivity contribution in [2.75, 3.05) is 6.61 Å². The van der Waals surface area contributed by atoms with Crippen LogP contribution >= 0.6 is 0 Å². The minimum absolute atomic E-state index is 0.0383. The molecule has 2 heterocycles. The Morgan fingerprint density at radius 3 is 2.26 bits per heavy atom. The Balaban J connectivity index is 0.000000239. The second-order valence-corrected chi connectivity index (χ2v) is 9.01. The Morgan fingerprint density at radius 2 is 1.69 bits per heavy atom. The minimum atomic E-state index is -0.717. The molecule has 0 radical (unpaired) electrons. The summed E-state index contributed by atoms with van der Waals surface area (Å²) in [5.74, 6) is -1.45. The van der Waals surface area contributed by atoms with Gasteiger partial charge >= 0.3 is 0 Å². The molecule has 2 aromatic heterocycles. The number of carbonyl (C=O) groups excluding carboxylic acids is 2. The van der Waals surface area contributed by atoms with Crippen molar-refractivity contribution >= 4 is 11.7 Å². The van der Waals surface area contributed by atoms with Gasteiger partial charge in [-0.2, -0.15) is 5.10 Å². The minimum Gasteiger partial charge on any atom is -0.491 e. The summed E-state index contributed by atoms with van der Waals surface area (Å²) in [6.45, 7) is 9.24. The summed E-state index contributed by atoms with van der Waals surface area (Å²) in [5, 5.41) is 4.15. The van der Waals surface area contributed by atoms with Crippen LogP contribution in [-0.4, -0.2) is 32.6 Å². The molecule has 0 aliphatic heterocycles. The van der Waals surface area contributed by atoms with Crippen LogP contribution in [0.4, 0.5) is 4.39 Å². The number of primary amides is 1. The van der Waals surface area contributed by atoms with Gasteiger partial charge in [0.15, 0.2) is 23.0 Å². The van der Waals surface area contributed by atoms with Crippen LogP contribution in [0.1, 0.15) is 64.9 Å². The van der Waals surface area contributed by atoms with E-state index in [1.807, 2.05) is 57.2 Å². The van der Waals surface area contributed by atoms with E-state index in [1.165, 1.54) is 29.3 Å². The number of carbonyl (C=O) groups is 2. The van der Waals surface area contributed by atoms with Crippen molar-refractivity contribution in [1.82, 2.24) is 14.3 Å². The quantitative estimate of drug-likeness (QED) is 0.317. The number of halogens is 1. The highest BCUT2D eigenvalue weighted by Crippen LogP contribution is 2.25. The second-order valence-electron chi connectivity index (χ2n) is 9.01. The number of aromatic nitrogens is 3. The predicted octanol–water partition coefficient (Wildman–Crippen LogP) is 5.12. The fraction of sp³-hybridized carbons (Fsp3) is 0.267. The highest BCUT2D eigenvalue weighted by atomic mass is 19.1. The molecule has 0 saturated carbocycles. The largest absolute Gasteiger partial charge is 0.491 e. The number of aryl methyl sites for hydroxylation is 2. The van der Waals surface area contributed by atoms with Crippen molar-refractivity contribution in [1.29, 1.82) is 0 Å². The van der Waals surface area contributed by atoms with Gasteiger partial charge in [-0.3, -0.25) is 19.0 Å². The molecule has 0 fully saturated rings. The van der Waals surface area contributed by atoms with Crippen molar-refractivity contribution in [3.8, 4) is 17.1 Å². The maximum Gasteiger partial charge on any atom is 0.269 e. The first kappa shape index (κ1) is 29.0. The summed E-state index contributed by atoms with van der Waals surface area (Å²) in [6, 6.07) is 15.9. The van der Waals surface area contributed by atoms with Gasteiger partial charge in [0.05, 0.1) is 12.3 Å². The number of rotatable bonds is 8. The van der Waals surface area contributed by atoms with Crippen molar-refractivity contribution in [2.24, 2.45) is 5.73 Å². The third-order valence-corrected chi connectivity index (χ3v) is 5.96. The smallest absolute Gasteiger partial charge is 0.269 e. The number of pyridine rings is 1. The monoisotopic (exact) mass is 532 g/mol. The summed E-state index contributed by atoms with van der Waals surface area (Å²) >= 11 is 0. The molecule has 1 amide bonds. The molecule has 0 aliphatic rings. The number of nitrogens with zero attached hydrogens (tertiary/aromatic N) is 3. The van der Waals surface area contributed by atoms with Crippen LogP contribution in [0.15, 0.2) is 65.6 Å². The van der Waals surface area contributed by atoms with E-state index < -0.39 is 11.7 Å². The fourth-order valence-electron chi connectivity index (χ4n) is 4.09. The number of amides is 1. The molecule has 0 spiro atoms. The molecule has 4 rings (SSSR count). The summed E-state index contributed by atoms with van der Waals surface area (Å²) in [4.78, 5) is 35.6. The van der Waals surface area contributed by atoms with E-state index in [0.29, 0.717) is 30.7 Å². The van der Waals surface area contributed by atoms with Crippen molar-refractivity contribution < 1.29 is 18.7 Å². The summed E-state index contributed by atoms with van der Waals surface area (Å²) in [6.07, 6.45) is 2.98. The van der Waals surface area contributed by atoms with E-state index in [1.54, 1.807) is 23.8 Å². The van der Waals surface area contributed by atoms with E-state index in [-0.39, 0.29) is 28.5 Å². The van der Waals surface area contributed by atoms with Gasteiger partial charge in [-0.05, 0) is 57.5 Å². The summed E-state index contributed by atoms with van der Waals surface area (Å²) in [5.41, 5.74) is 9.39. The maximum atomic E-state index is 14.1. The number of Topliss-reactive ketones (excluding diaryl/α,β-unsaturated/α-hetero) is 1. The van der Waals surface area contributed by atoms with Crippen LogP contribution in [-0.2, 0) is 6.42 Å². The predicted molar refractivity (Wildman–Crippen MR) is 149 cm³/mol. The lowest BCUT2D eigenvalue weighted by Gasteiger charge is -2.09. The van der Waals surface area contributed by atoms with Crippen LogP contribution < -0.4 is 16.0 Å². The number of hydrogen-bond acceptors (Lipinski definition) is 5. The standard InChI is InChI=1S/C17H20FN3O3.C13H13NO/c1-4-6-12-15(17(19)23)20-21(16(12)10(3)22)11-7-8-14(24-5-2)13(18)9-11;1-10-5-7-12(8-6-10)14-9-3-4-11(2)13(14)15/h7-9H,4-6H2,1-3H3,(H2,19,23);3-9H,1-2H3. The average Bonchev–Trinajstić information content (AvgIpc) is 3.28. The normalized spacial score (nSPS) is 10.5. The zero-order valence-electron chi connectivity index (χ0n) is 22.8. The molecule has 0 unspecified atom stereocenters. The first-order valence-electron chi connectivity index (χ1n) is 12.7. The Labute approximate surface area is 226 Å². The van der Waals surface area contributed by atoms with Gasteiger partial charge in [0.2, 0.25) is 0 Å². The zero-order valence-corrected chi connectivity index (χ0v) is 22.8. The third kappa shape index (κ3) is 6.67. The van der Waals surface area contributed by atoms with Gasteiger partial charge in [-0.1, -0.05) is 37.1 Å². The average molecular weight is 533 g/mol. The van der Waals surface area contributed by atoms with Gasteiger partial charge in [-0.25, -0.2) is 9.07 Å². The van der Waals surface area contributed by atoms with Gasteiger partial charge < -0.3 is 10.5 Å². The lowest BCUT2D eigenvalue weighted by molar-refractivity contribution is 0.0991. The van der Waals surface area contributed by atoms with E-state index >= 15 is 0 Å². The van der Waals surface area contributed by atoms with Gasteiger partial charge in [0.1, 0.15) is 5.69 Å². The fourth-order valence-corrected chi connectivity index (χ4v) is 4.09. The van der Waals surface area contributed by atoms with E-state index in [2.05, 4.69) is 5.10 Å². The Bertz CT molecular complexity index is 1540. The lowest BCUT2D eigenvalue weighted by Crippen LogP contribution is -2.19. The summed E-state index contributed by atoms with van der Waals surface area (Å²) < 4.78 is 22.2. The van der Waals surface area contributed by atoms with Crippen LogP contribution in [0.25, 0.3) is 11.4 Å². The molecule has 39 heavy (non-hydrogen) atoms. The molecular formula is C30H33FN4O4. The molecule has 8 nitrogen and oxygen atoms in total. The highest BCUT2D eigenvalue weighted by Gasteiger charge is 2.24. The third-order valence-electron chi connectivity index (χ3n) is 5.96. The van der Waals surface area contributed by atoms with Crippen LogP contribution in [0, 0.1) is 19.7 Å². The van der Waals surface area contributed by atoms with Crippen LogP contribution in [0.5, 0.6) is 5.75 Å². The molecule has 2 aromatic carbocycles. The molecule has 9 heteroatoms. The topological polar surface area (TPSA) is 109 Å². The molecule has 204 valence electrons. The van der Waals surface area contributed by atoms with Crippen molar-refractivity contribution in [3.05, 3.63) is 105 Å². The molecule has 2 N–H and O–H groups in total. The van der Waals surface area contributed by atoms with Crippen molar-refractivity contribution in [3.63, 3.8) is 0 Å². The van der Waals surface area contributed by atoms with Crippen LogP contribution in [0.2, 0.25) is 0 Å². The first-order valence-corrected chi connectivity index (χ1v) is 12.7. The van der Waals surface area contributed by atoms with Gasteiger partial charge in [0, 0.05) is 36.0 Å². The Kier molecular flexibility index (Phi) is 9.54. The van der Waals surface area contributed by atoms with Crippen LogP contribution in [0.3, 0.4) is 0 Å². The molecule has 0 saturated heterocycles. The van der Waals surface area contributed by atoms with E-state index in [4.69, 9.17) is 10.5 Å². The molecule has 0 aliphatic carbocycles. The number of hydrogen-bond donors (Lipinski definition) is 1. The first-order chi connectivity index (χ1) is 18.6. The Morgan fingerprint density at radius 1 is 1.03 bits per heavy atom. The number of ether oxygens (including phenoxy) is 1. The second kappa shape index (κ2) is 12.8. The lowest BCUT2D eigenvalue weighted by atomic mass is 10.0. The molecule has 0 bridgehead atoms. The summed E-state index contributed by atoms with van der Waals surface area (Å²) in [7, 11) is 0. The molecule has 4 aromatic rings. The number of ketones is 1. The number of nitrogens with two attached hydrogens (primary N) is 1. The number of benzene rings is 2. The van der Waals surface area contributed by atoms with Gasteiger partial charge in [0.25, 0.3) is 11.5 Å². The Hall–Kier alpha value is -4.53. The van der Waals surface area contributed by atoms with Gasteiger partial charge in [-0.15, -0.1) is 0 Å².